The van der Waals surface area contributed by atoms with Crippen molar-refractivity contribution in [2.75, 3.05) is 0 Å². The van der Waals surface area contributed by atoms with Gasteiger partial charge in [-0.15, -0.1) is 0 Å². The van der Waals surface area contributed by atoms with Crippen LogP contribution in [0.25, 0.3) is 105 Å². The van der Waals surface area contributed by atoms with Crippen LogP contribution in [-0.2, 0) is 0 Å². The minimum absolute atomic E-state index is 0.709. The van der Waals surface area contributed by atoms with Crippen LogP contribution in [0.1, 0.15) is 0 Å². The molecule has 0 aliphatic carbocycles. The van der Waals surface area contributed by atoms with E-state index in [2.05, 4.69) is 205 Å². The van der Waals surface area contributed by atoms with Crippen LogP contribution in [-0.4, -0.2) is 14.5 Å². The molecule has 0 atom stereocenters. The van der Waals surface area contributed by atoms with E-state index >= 15 is 0 Å². The second kappa shape index (κ2) is 12.6. The van der Waals surface area contributed by atoms with E-state index in [4.69, 9.17) is 9.97 Å². The van der Waals surface area contributed by atoms with Crippen molar-refractivity contribution >= 4 is 54.1 Å². The van der Waals surface area contributed by atoms with Crippen molar-refractivity contribution in [1.29, 1.82) is 0 Å². The average Bonchev–Trinajstić information content (AvgIpc) is 3.59. The highest BCUT2D eigenvalue weighted by Crippen LogP contribution is 2.41. The van der Waals surface area contributed by atoms with Gasteiger partial charge in [-0.1, -0.05) is 164 Å². The lowest BCUT2D eigenvalue weighted by molar-refractivity contribution is 1.17. The van der Waals surface area contributed by atoms with Gasteiger partial charge < -0.3 is 4.57 Å². The highest BCUT2D eigenvalue weighted by atomic mass is 15.0. The molecule has 55 heavy (non-hydrogen) atoms. The molecule has 0 aliphatic rings. The van der Waals surface area contributed by atoms with Crippen molar-refractivity contribution in [3.63, 3.8) is 0 Å². The molecule has 2 aromatic heterocycles. The van der Waals surface area contributed by atoms with Gasteiger partial charge in [0.2, 0.25) is 0 Å². The van der Waals surface area contributed by atoms with Crippen LogP contribution in [0.4, 0.5) is 0 Å². The molecule has 256 valence electrons. The highest BCUT2D eigenvalue weighted by Gasteiger charge is 2.19. The number of aromatic nitrogens is 3. The monoisotopic (exact) mass is 699 g/mol. The van der Waals surface area contributed by atoms with Gasteiger partial charge in [0.25, 0.3) is 0 Å². The van der Waals surface area contributed by atoms with Crippen molar-refractivity contribution in [1.82, 2.24) is 14.5 Å². The van der Waals surface area contributed by atoms with E-state index in [0.29, 0.717) is 5.82 Å². The highest BCUT2D eigenvalue weighted by molar-refractivity contribution is 6.19. The normalized spacial score (nSPS) is 11.6. The van der Waals surface area contributed by atoms with E-state index in [1.807, 2.05) is 0 Å². The van der Waals surface area contributed by atoms with Gasteiger partial charge in [0.1, 0.15) is 0 Å². The van der Waals surface area contributed by atoms with Gasteiger partial charge in [-0.3, -0.25) is 0 Å². The third-order valence-electron chi connectivity index (χ3n) is 11.0. The fraction of sp³-hybridized carbons (Fsp3) is 0. The van der Waals surface area contributed by atoms with Crippen LogP contribution in [0.3, 0.4) is 0 Å². The van der Waals surface area contributed by atoms with E-state index in [1.54, 1.807) is 0 Å². The first-order valence-electron chi connectivity index (χ1n) is 18.7. The summed E-state index contributed by atoms with van der Waals surface area (Å²) in [7, 11) is 0. The summed E-state index contributed by atoms with van der Waals surface area (Å²) < 4.78 is 2.36. The van der Waals surface area contributed by atoms with Crippen LogP contribution in [0.2, 0.25) is 0 Å². The molecule has 0 amide bonds. The topological polar surface area (TPSA) is 30.7 Å². The molecular weight excluding hydrogens is 667 g/mol. The Balaban J connectivity index is 1.19. The molecule has 0 spiro atoms. The number of hydrogen-bond donors (Lipinski definition) is 0. The first-order valence-corrected chi connectivity index (χ1v) is 18.7. The molecule has 0 saturated carbocycles. The maximum Gasteiger partial charge on any atom is 0.161 e. The van der Waals surface area contributed by atoms with Gasteiger partial charge in [-0.05, 0) is 79.8 Å². The Hall–Kier alpha value is -7.36. The smallest absolute Gasteiger partial charge is 0.161 e. The fourth-order valence-electron chi connectivity index (χ4n) is 8.37. The molecule has 11 rings (SSSR count). The van der Waals surface area contributed by atoms with E-state index in [-0.39, 0.29) is 0 Å². The second-order valence-electron chi connectivity index (χ2n) is 14.2. The van der Waals surface area contributed by atoms with Gasteiger partial charge in [-0.25, -0.2) is 9.97 Å². The van der Waals surface area contributed by atoms with Gasteiger partial charge in [0.05, 0.1) is 22.4 Å². The fourth-order valence-corrected chi connectivity index (χ4v) is 8.37. The number of rotatable bonds is 5. The number of hydrogen-bond acceptors (Lipinski definition) is 2. The lowest BCUT2D eigenvalue weighted by Crippen LogP contribution is -1.98. The molecule has 0 bridgehead atoms. The van der Waals surface area contributed by atoms with E-state index in [1.165, 1.54) is 43.6 Å². The Labute approximate surface area is 318 Å². The summed E-state index contributed by atoms with van der Waals surface area (Å²) in [5, 5.41) is 9.51. The Bertz CT molecular complexity index is 3230. The summed E-state index contributed by atoms with van der Waals surface area (Å²) in [5.41, 5.74) is 10.7. The third-order valence-corrected chi connectivity index (χ3v) is 11.0. The Kier molecular flexibility index (Phi) is 7.17. The van der Waals surface area contributed by atoms with Crippen LogP contribution in [0.15, 0.2) is 200 Å². The summed E-state index contributed by atoms with van der Waals surface area (Å²) in [6.07, 6.45) is 0. The molecule has 0 fully saturated rings. The van der Waals surface area contributed by atoms with Gasteiger partial charge in [0, 0.05) is 33.2 Å². The molecule has 3 heteroatoms. The van der Waals surface area contributed by atoms with Gasteiger partial charge >= 0.3 is 0 Å². The average molecular weight is 700 g/mol. The molecule has 0 unspecified atom stereocenters. The molecular formula is C52H33N3. The van der Waals surface area contributed by atoms with E-state index in [9.17, 15) is 0 Å². The first-order chi connectivity index (χ1) is 27.3. The van der Waals surface area contributed by atoms with Crippen LogP contribution < -0.4 is 0 Å². The van der Waals surface area contributed by atoms with Crippen LogP contribution in [0.5, 0.6) is 0 Å². The lowest BCUT2D eigenvalue weighted by Gasteiger charge is -2.15. The Morgan fingerprint density at radius 3 is 1.67 bits per heavy atom. The van der Waals surface area contributed by atoms with E-state index in [0.717, 1.165) is 55.4 Å². The standard InChI is InChI=1S/C52H33N3/c1-3-13-34(14-4-1)35-23-25-37(26-24-35)47-33-48(39-28-29-44-43-21-11-12-22-49(43)55(50(44)32-39)40-17-5-2-6-18-40)54-52(53-47)51-42-20-10-8-16-38(42)31-46-41-19-9-7-15-36(41)27-30-45(46)51/h1-33H. The molecule has 0 aliphatic heterocycles. The van der Waals surface area contributed by atoms with Gasteiger partial charge in [0.15, 0.2) is 5.82 Å². The van der Waals surface area contributed by atoms with Crippen LogP contribution >= 0.6 is 0 Å². The maximum absolute atomic E-state index is 5.49. The van der Waals surface area contributed by atoms with Crippen LogP contribution in [0, 0.1) is 0 Å². The quantitative estimate of drug-likeness (QED) is 0.132. The van der Waals surface area contributed by atoms with E-state index < -0.39 is 0 Å². The molecule has 0 radical (unpaired) electrons. The molecule has 2 heterocycles. The van der Waals surface area contributed by atoms with Crippen molar-refractivity contribution in [2.45, 2.75) is 0 Å². The zero-order valence-corrected chi connectivity index (χ0v) is 29.9. The van der Waals surface area contributed by atoms with Crippen molar-refractivity contribution in [2.24, 2.45) is 0 Å². The molecule has 0 N–H and O–H groups in total. The predicted octanol–water partition coefficient (Wildman–Crippen LogP) is 13.7. The summed E-state index contributed by atoms with van der Waals surface area (Å²) >= 11 is 0. The molecule has 3 nitrogen and oxygen atoms in total. The number of nitrogens with zero attached hydrogens (tertiary/aromatic N) is 3. The Morgan fingerprint density at radius 1 is 0.309 bits per heavy atom. The minimum atomic E-state index is 0.709. The SMILES string of the molecule is c1ccc(-c2ccc(-c3cc(-c4ccc5c6ccccc6n(-c6ccccc6)c5c4)nc(-c4c5ccccc5cc5c4ccc4ccccc45)n3)cc2)cc1. The summed E-state index contributed by atoms with van der Waals surface area (Å²) in [6.45, 7) is 0. The zero-order chi connectivity index (χ0) is 36.3. The lowest BCUT2D eigenvalue weighted by atomic mass is 9.92. The molecule has 0 saturated heterocycles. The third kappa shape index (κ3) is 5.20. The first kappa shape index (κ1) is 31.2. The summed E-state index contributed by atoms with van der Waals surface area (Å²) in [4.78, 5) is 10.9. The summed E-state index contributed by atoms with van der Waals surface area (Å²) in [5.74, 6) is 0.709. The van der Waals surface area contributed by atoms with Crippen molar-refractivity contribution in [3.8, 4) is 50.7 Å². The Morgan fingerprint density at radius 2 is 0.873 bits per heavy atom. The number of fused-ring (bicyclic) bond motifs is 7. The summed E-state index contributed by atoms with van der Waals surface area (Å²) in [6, 6.07) is 71.5. The minimum Gasteiger partial charge on any atom is -0.309 e. The largest absolute Gasteiger partial charge is 0.309 e. The zero-order valence-electron chi connectivity index (χ0n) is 29.9. The number of para-hydroxylation sites is 2. The number of benzene rings is 9. The molecule has 9 aromatic carbocycles. The van der Waals surface area contributed by atoms with Crippen molar-refractivity contribution < 1.29 is 0 Å². The van der Waals surface area contributed by atoms with Gasteiger partial charge in [-0.2, -0.15) is 0 Å². The second-order valence-corrected chi connectivity index (χ2v) is 14.2. The molecule has 11 aromatic rings. The predicted molar refractivity (Wildman–Crippen MR) is 231 cm³/mol. The maximum atomic E-state index is 5.49. The van der Waals surface area contributed by atoms with Crippen molar-refractivity contribution in [3.05, 3.63) is 200 Å².